The fraction of sp³-hybridized carbons (Fsp3) is 0.250. The number of para-hydroxylation sites is 2. The zero-order chi connectivity index (χ0) is 29.1. The van der Waals surface area contributed by atoms with E-state index in [0.29, 0.717) is 0 Å². The average molecular weight is 543 g/mol. The van der Waals surface area contributed by atoms with Crippen molar-refractivity contribution in [3.05, 3.63) is 107 Å². The molecule has 0 fully saturated rings. The van der Waals surface area contributed by atoms with Gasteiger partial charge in [-0.3, -0.25) is 4.79 Å². The fourth-order valence-corrected chi connectivity index (χ4v) is 5.58. The van der Waals surface area contributed by atoms with Crippen molar-refractivity contribution < 1.29 is 4.79 Å². The molecule has 0 bridgehead atoms. The summed E-state index contributed by atoms with van der Waals surface area (Å²) >= 11 is 0. The van der Waals surface area contributed by atoms with Crippen LogP contribution in [-0.2, 0) is 20.0 Å². The summed E-state index contributed by atoms with van der Waals surface area (Å²) in [5.41, 5.74) is 10.5. The third-order valence-corrected chi connectivity index (χ3v) is 7.55. The van der Waals surface area contributed by atoms with Gasteiger partial charge in [-0.25, -0.2) is 9.97 Å². The first-order valence-electron chi connectivity index (χ1n) is 14.6. The van der Waals surface area contributed by atoms with Gasteiger partial charge in [0.15, 0.2) is 5.78 Å². The maximum atomic E-state index is 12.2. The minimum atomic E-state index is 0.0792. The highest BCUT2D eigenvalue weighted by Gasteiger charge is 2.17. The fourth-order valence-electron chi connectivity index (χ4n) is 5.58. The molecular weight excluding hydrogens is 504 g/mol. The van der Waals surface area contributed by atoms with E-state index < -0.39 is 0 Å². The molecule has 0 amide bonds. The largest absolute Gasteiger partial charge is 0.327 e. The van der Waals surface area contributed by atoms with Crippen LogP contribution in [-0.4, -0.2) is 24.9 Å². The van der Waals surface area contributed by atoms with E-state index in [1.807, 2.05) is 44.2 Å². The molecule has 0 aliphatic heterocycles. The van der Waals surface area contributed by atoms with Gasteiger partial charge in [0.25, 0.3) is 0 Å². The van der Waals surface area contributed by atoms with E-state index in [2.05, 4.69) is 84.6 Å². The van der Waals surface area contributed by atoms with E-state index in [4.69, 9.17) is 9.97 Å². The Morgan fingerprint density at radius 2 is 1.54 bits per heavy atom. The minimum Gasteiger partial charge on any atom is -0.327 e. The van der Waals surface area contributed by atoms with Crippen LogP contribution in [0.25, 0.3) is 44.6 Å². The second kappa shape index (κ2) is 11.9. The maximum absolute atomic E-state index is 12.2. The molecule has 5 nitrogen and oxygen atoms in total. The van der Waals surface area contributed by atoms with Crippen molar-refractivity contribution in [1.29, 1.82) is 0 Å². The van der Waals surface area contributed by atoms with E-state index >= 15 is 0 Å². The number of rotatable bonds is 7. The van der Waals surface area contributed by atoms with E-state index in [9.17, 15) is 4.79 Å². The molecular formula is C36H38N4O. The lowest BCUT2D eigenvalue weighted by molar-refractivity contribution is 0.101. The number of aryl methyl sites for hydroxylation is 3. The lowest BCUT2D eigenvalue weighted by atomic mass is 9.97. The Hall–Kier alpha value is -4.51. The van der Waals surface area contributed by atoms with Gasteiger partial charge in [0, 0.05) is 31.1 Å². The summed E-state index contributed by atoms with van der Waals surface area (Å²) < 4.78 is 4.53. The summed E-state index contributed by atoms with van der Waals surface area (Å²) in [5.74, 6) is 2.14. The van der Waals surface area contributed by atoms with Gasteiger partial charge in [-0.2, -0.15) is 0 Å². The molecule has 41 heavy (non-hydrogen) atoms. The SMILES string of the molecule is CC.CCCc1nc2c(C)cc(-c3nc4ccccc4n3C)cc2n1Cc1ccc(-c2ccccc2C(C)=O)cc1. The minimum absolute atomic E-state index is 0.0792. The van der Waals surface area contributed by atoms with Gasteiger partial charge < -0.3 is 9.13 Å². The first-order valence-corrected chi connectivity index (χ1v) is 14.6. The lowest BCUT2D eigenvalue weighted by Crippen LogP contribution is -2.05. The van der Waals surface area contributed by atoms with Crippen LogP contribution < -0.4 is 0 Å². The number of benzene rings is 4. The topological polar surface area (TPSA) is 52.7 Å². The summed E-state index contributed by atoms with van der Waals surface area (Å²) in [5, 5.41) is 0. The zero-order valence-corrected chi connectivity index (χ0v) is 24.9. The number of imidazole rings is 2. The quantitative estimate of drug-likeness (QED) is 0.189. The molecule has 0 unspecified atom stereocenters. The van der Waals surface area contributed by atoms with Crippen LogP contribution >= 0.6 is 0 Å². The summed E-state index contributed by atoms with van der Waals surface area (Å²) in [6, 6.07) is 29.1. The number of ketones is 1. The molecule has 6 rings (SSSR count). The predicted molar refractivity (Wildman–Crippen MR) is 171 cm³/mol. The van der Waals surface area contributed by atoms with Crippen molar-refractivity contribution in [1.82, 2.24) is 19.1 Å². The molecule has 0 saturated carbocycles. The van der Waals surface area contributed by atoms with Crippen LogP contribution in [0.2, 0.25) is 0 Å². The Labute approximate surface area is 242 Å². The number of fused-ring (bicyclic) bond motifs is 2. The van der Waals surface area contributed by atoms with E-state index in [1.54, 1.807) is 6.92 Å². The van der Waals surface area contributed by atoms with Crippen LogP contribution in [0.5, 0.6) is 0 Å². The molecule has 0 atom stereocenters. The summed E-state index contributed by atoms with van der Waals surface area (Å²) in [7, 11) is 2.08. The van der Waals surface area contributed by atoms with Crippen molar-refractivity contribution >= 4 is 27.9 Å². The Balaban J connectivity index is 0.00000165. The molecule has 0 aliphatic rings. The van der Waals surface area contributed by atoms with Crippen molar-refractivity contribution in [2.75, 3.05) is 0 Å². The maximum Gasteiger partial charge on any atom is 0.160 e. The first kappa shape index (κ1) is 28.0. The number of hydrogen-bond donors (Lipinski definition) is 0. The molecule has 6 aromatic rings. The third kappa shape index (κ3) is 5.32. The monoisotopic (exact) mass is 542 g/mol. The molecule has 4 aromatic carbocycles. The Kier molecular flexibility index (Phi) is 8.16. The normalized spacial score (nSPS) is 11.1. The van der Waals surface area contributed by atoms with E-state index in [1.165, 1.54) is 5.56 Å². The Morgan fingerprint density at radius 3 is 2.24 bits per heavy atom. The smallest absolute Gasteiger partial charge is 0.160 e. The number of carbonyl (C=O) groups excluding carboxylic acids is 1. The molecule has 5 heteroatoms. The summed E-state index contributed by atoms with van der Waals surface area (Å²) in [4.78, 5) is 22.2. The van der Waals surface area contributed by atoms with Gasteiger partial charge in [-0.05, 0) is 66.8 Å². The first-order chi connectivity index (χ1) is 19.9. The van der Waals surface area contributed by atoms with Crippen LogP contribution in [0.15, 0.2) is 84.9 Å². The molecule has 0 radical (unpaired) electrons. The summed E-state index contributed by atoms with van der Waals surface area (Å²) in [6.45, 7) is 10.7. The third-order valence-electron chi connectivity index (χ3n) is 7.55. The predicted octanol–water partition coefficient (Wildman–Crippen LogP) is 8.80. The highest BCUT2D eigenvalue weighted by Crippen LogP contribution is 2.31. The standard InChI is InChI=1S/C34H32N4O.C2H6/c1-5-10-32-36-33-22(2)19-26(34-35-29-13-8-9-14-30(29)37(34)4)20-31(33)38(32)21-24-15-17-25(18-16-24)28-12-7-6-11-27(28)23(3)39;1-2/h6-9,11-20H,5,10,21H2,1-4H3;1-2H3. The van der Waals surface area contributed by atoms with Crippen molar-refractivity contribution in [3.63, 3.8) is 0 Å². The van der Waals surface area contributed by atoms with E-state index in [-0.39, 0.29) is 5.78 Å². The van der Waals surface area contributed by atoms with Crippen LogP contribution in [0.1, 0.15) is 61.4 Å². The van der Waals surface area contributed by atoms with Crippen LogP contribution in [0.3, 0.4) is 0 Å². The van der Waals surface area contributed by atoms with Crippen LogP contribution in [0.4, 0.5) is 0 Å². The highest BCUT2D eigenvalue weighted by molar-refractivity contribution is 6.00. The van der Waals surface area contributed by atoms with Crippen molar-refractivity contribution in [2.24, 2.45) is 7.05 Å². The number of Topliss-reactive ketones (excluding diaryl/α,β-unsaturated/α-hetero) is 1. The Morgan fingerprint density at radius 1 is 0.829 bits per heavy atom. The molecule has 0 saturated heterocycles. The second-order valence-electron chi connectivity index (χ2n) is 10.3. The van der Waals surface area contributed by atoms with Crippen LogP contribution in [0, 0.1) is 6.92 Å². The highest BCUT2D eigenvalue weighted by atomic mass is 16.1. The van der Waals surface area contributed by atoms with Gasteiger partial charge in [0.05, 0.1) is 22.1 Å². The average Bonchev–Trinajstić information content (AvgIpc) is 3.52. The van der Waals surface area contributed by atoms with Crippen molar-refractivity contribution in [3.8, 4) is 22.5 Å². The molecule has 2 aromatic heterocycles. The number of aromatic nitrogens is 4. The van der Waals surface area contributed by atoms with Gasteiger partial charge in [0.1, 0.15) is 11.6 Å². The van der Waals surface area contributed by atoms with Crippen molar-refractivity contribution in [2.45, 2.75) is 54.0 Å². The van der Waals surface area contributed by atoms with Gasteiger partial charge in [0.2, 0.25) is 0 Å². The molecule has 0 N–H and O–H groups in total. The number of carbonyl (C=O) groups is 1. The van der Waals surface area contributed by atoms with E-state index in [0.717, 1.165) is 80.9 Å². The molecule has 208 valence electrons. The van der Waals surface area contributed by atoms with Gasteiger partial charge >= 0.3 is 0 Å². The number of hydrogen-bond acceptors (Lipinski definition) is 3. The number of nitrogens with zero attached hydrogens (tertiary/aromatic N) is 4. The molecule has 0 spiro atoms. The Bertz CT molecular complexity index is 1840. The second-order valence-corrected chi connectivity index (χ2v) is 10.3. The summed E-state index contributed by atoms with van der Waals surface area (Å²) in [6.07, 6.45) is 1.95. The van der Waals surface area contributed by atoms with Gasteiger partial charge in [-0.15, -0.1) is 0 Å². The molecule has 2 heterocycles. The molecule has 0 aliphatic carbocycles. The lowest BCUT2D eigenvalue weighted by Gasteiger charge is -2.12. The zero-order valence-electron chi connectivity index (χ0n) is 24.9. The van der Waals surface area contributed by atoms with Gasteiger partial charge in [-0.1, -0.05) is 81.4 Å².